The molecule has 1 aromatic heterocycles. The molecule has 0 fully saturated rings. The van der Waals surface area contributed by atoms with Gasteiger partial charge in [-0.1, -0.05) is 109 Å². The first kappa shape index (κ1) is 23.4. The minimum absolute atomic E-state index is 0.242. The molecule has 0 bridgehead atoms. The Hall–Kier alpha value is -5.48. The van der Waals surface area contributed by atoms with Gasteiger partial charge in [-0.15, -0.1) is 0 Å². The van der Waals surface area contributed by atoms with Crippen molar-refractivity contribution >= 4 is 44.4 Å². The molecule has 0 aliphatic carbocycles. The molecule has 41 heavy (non-hydrogen) atoms. The van der Waals surface area contributed by atoms with Crippen LogP contribution in [0.5, 0.6) is 0 Å². The molecule has 1 aliphatic heterocycles. The Labute approximate surface area is 237 Å². The first-order chi connectivity index (χ1) is 20.3. The summed E-state index contributed by atoms with van der Waals surface area (Å²) in [5.74, 6) is 1.50. The highest BCUT2D eigenvalue weighted by molar-refractivity contribution is 6.15. The number of fused-ring (bicyclic) bond motifs is 4. The number of hydrogen-bond acceptors (Lipinski definition) is 4. The molecule has 0 saturated heterocycles. The molecular weight excluding hydrogens is 502 g/mol. The van der Waals surface area contributed by atoms with E-state index in [0.29, 0.717) is 5.84 Å². The van der Waals surface area contributed by atoms with Gasteiger partial charge < -0.3 is 9.73 Å². The van der Waals surface area contributed by atoms with Crippen molar-refractivity contribution in [2.24, 2.45) is 9.98 Å². The van der Waals surface area contributed by atoms with Crippen LogP contribution in [0.15, 0.2) is 154 Å². The van der Waals surface area contributed by atoms with E-state index < -0.39 is 0 Å². The standard InChI is InChI=1S/C37H25N3O/c1-3-11-25(12-4-1)35-38-36(26-13-5-2-6-14-26)40-37(39-35)28-19-21-34-32(23-28)31-22-27(18-20-33(31)41-34)30-17-9-15-24-10-7-8-16-29(24)30/h1-23,35H,(H,38,39,40). The van der Waals surface area contributed by atoms with Gasteiger partial charge in [0.25, 0.3) is 0 Å². The van der Waals surface area contributed by atoms with Crippen LogP contribution in [-0.2, 0) is 0 Å². The molecule has 1 unspecified atom stereocenters. The number of aliphatic imine (C=N–C) groups is 2. The maximum atomic E-state index is 6.27. The maximum Gasteiger partial charge on any atom is 0.159 e. The van der Waals surface area contributed by atoms with E-state index in [1.54, 1.807) is 0 Å². The summed E-state index contributed by atoms with van der Waals surface area (Å²) < 4.78 is 6.27. The summed E-state index contributed by atoms with van der Waals surface area (Å²) in [5, 5.41) is 8.19. The number of furan rings is 1. The molecule has 1 atom stereocenters. The first-order valence-corrected chi connectivity index (χ1v) is 13.8. The second-order valence-electron chi connectivity index (χ2n) is 10.3. The van der Waals surface area contributed by atoms with Crippen molar-refractivity contribution in [1.82, 2.24) is 5.32 Å². The Morgan fingerprint density at radius 1 is 0.537 bits per heavy atom. The average Bonchev–Trinajstić information content (AvgIpc) is 3.42. The number of hydrogen-bond donors (Lipinski definition) is 1. The second kappa shape index (κ2) is 9.61. The summed E-state index contributed by atoms with van der Waals surface area (Å²) in [6.45, 7) is 0. The molecule has 8 rings (SSSR count). The van der Waals surface area contributed by atoms with Crippen LogP contribution < -0.4 is 5.32 Å². The zero-order valence-electron chi connectivity index (χ0n) is 22.2. The fourth-order valence-corrected chi connectivity index (χ4v) is 5.69. The number of nitrogens with one attached hydrogen (secondary N) is 1. The van der Waals surface area contributed by atoms with E-state index in [0.717, 1.165) is 50.0 Å². The van der Waals surface area contributed by atoms with E-state index in [1.165, 1.54) is 16.3 Å². The number of rotatable bonds is 4. The van der Waals surface area contributed by atoms with E-state index in [2.05, 4.69) is 102 Å². The summed E-state index contributed by atoms with van der Waals surface area (Å²) in [7, 11) is 0. The fourth-order valence-electron chi connectivity index (χ4n) is 5.69. The zero-order chi connectivity index (χ0) is 27.2. The predicted octanol–water partition coefficient (Wildman–Crippen LogP) is 8.90. The van der Waals surface area contributed by atoms with E-state index in [-0.39, 0.29) is 6.17 Å². The molecule has 2 heterocycles. The SMILES string of the molecule is c1ccc(C2=NC(c3ccccc3)NC(c3ccc4oc5ccc(-c6cccc7ccccc67)cc5c4c3)=N2)cc1. The Morgan fingerprint density at radius 3 is 2.00 bits per heavy atom. The molecule has 0 radical (unpaired) electrons. The second-order valence-corrected chi connectivity index (χ2v) is 10.3. The van der Waals surface area contributed by atoms with Crippen molar-refractivity contribution in [1.29, 1.82) is 0 Å². The first-order valence-electron chi connectivity index (χ1n) is 13.8. The molecule has 4 heteroatoms. The van der Waals surface area contributed by atoms with Crippen molar-refractivity contribution in [2.45, 2.75) is 6.17 Å². The van der Waals surface area contributed by atoms with Gasteiger partial charge >= 0.3 is 0 Å². The van der Waals surface area contributed by atoms with Crippen LogP contribution in [0.1, 0.15) is 22.9 Å². The van der Waals surface area contributed by atoms with Crippen molar-refractivity contribution in [2.75, 3.05) is 0 Å². The highest BCUT2D eigenvalue weighted by Crippen LogP contribution is 2.35. The quantitative estimate of drug-likeness (QED) is 0.248. The van der Waals surface area contributed by atoms with Gasteiger partial charge in [0.1, 0.15) is 23.2 Å². The Kier molecular flexibility index (Phi) is 5.49. The Balaban J connectivity index is 1.26. The molecule has 0 saturated carbocycles. The number of amidine groups is 2. The van der Waals surface area contributed by atoms with E-state index in [9.17, 15) is 0 Å². The molecule has 194 valence electrons. The molecule has 0 amide bonds. The van der Waals surface area contributed by atoms with Crippen LogP contribution in [0, 0.1) is 0 Å². The van der Waals surface area contributed by atoms with Crippen molar-refractivity contribution in [3.05, 3.63) is 156 Å². The summed E-state index contributed by atoms with van der Waals surface area (Å²) in [6, 6.07) is 48.2. The molecule has 4 nitrogen and oxygen atoms in total. The van der Waals surface area contributed by atoms with Gasteiger partial charge in [-0.25, -0.2) is 9.98 Å². The lowest BCUT2D eigenvalue weighted by Gasteiger charge is -2.23. The van der Waals surface area contributed by atoms with Crippen LogP contribution in [0.25, 0.3) is 43.8 Å². The summed E-state index contributed by atoms with van der Waals surface area (Å²) in [4.78, 5) is 9.96. The topological polar surface area (TPSA) is 49.9 Å². The smallest absolute Gasteiger partial charge is 0.159 e. The molecule has 1 aliphatic rings. The third-order valence-electron chi connectivity index (χ3n) is 7.73. The van der Waals surface area contributed by atoms with Crippen LogP contribution in [0.4, 0.5) is 0 Å². The van der Waals surface area contributed by atoms with Crippen LogP contribution in [0.3, 0.4) is 0 Å². The van der Waals surface area contributed by atoms with Crippen LogP contribution in [0.2, 0.25) is 0 Å². The van der Waals surface area contributed by atoms with Gasteiger partial charge in [-0.3, -0.25) is 0 Å². The Morgan fingerprint density at radius 2 is 1.20 bits per heavy atom. The fraction of sp³-hybridized carbons (Fsp3) is 0.0270. The Bertz CT molecular complexity index is 2120. The summed E-state index contributed by atoms with van der Waals surface area (Å²) in [6.07, 6.45) is -0.242. The van der Waals surface area contributed by atoms with Gasteiger partial charge in [-0.05, 0) is 57.8 Å². The van der Waals surface area contributed by atoms with Gasteiger partial charge in [0.2, 0.25) is 0 Å². The van der Waals surface area contributed by atoms with Gasteiger partial charge in [0, 0.05) is 21.9 Å². The van der Waals surface area contributed by atoms with Gasteiger partial charge in [-0.2, -0.15) is 0 Å². The third-order valence-corrected chi connectivity index (χ3v) is 7.73. The minimum atomic E-state index is -0.242. The molecule has 6 aromatic carbocycles. The molecule has 1 N–H and O–H groups in total. The average molecular weight is 528 g/mol. The summed E-state index contributed by atoms with van der Waals surface area (Å²) in [5.41, 5.74) is 7.16. The normalized spacial score (nSPS) is 15.1. The van der Waals surface area contributed by atoms with Crippen molar-refractivity contribution < 1.29 is 4.42 Å². The maximum absolute atomic E-state index is 6.27. The molecule has 0 spiro atoms. The van der Waals surface area contributed by atoms with Crippen LogP contribution in [-0.4, -0.2) is 11.7 Å². The van der Waals surface area contributed by atoms with Crippen LogP contribution >= 0.6 is 0 Å². The van der Waals surface area contributed by atoms with Crippen molar-refractivity contribution in [3.63, 3.8) is 0 Å². The predicted molar refractivity (Wildman–Crippen MR) is 168 cm³/mol. The zero-order valence-corrected chi connectivity index (χ0v) is 22.2. The minimum Gasteiger partial charge on any atom is -0.456 e. The lowest BCUT2D eigenvalue weighted by atomic mass is 9.97. The number of benzene rings is 6. The lowest BCUT2D eigenvalue weighted by molar-refractivity contribution is 0.668. The highest BCUT2D eigenvalue weighted by atomic mass is 16.3. The largest absolute Gasteiger partial charge is 0.456 e. The third kappa shape index (κ3) is 4.17. The van der Waals surface area contributed by atoms with Crippen molar-refractivity contribution in [3.8, 4) is 11.1 Å². The number of nitrogens with zero attached hydrogens (tertiary/aromatic N) is 2. The molecule has 7 aromatic rings. The van der Waals surface area contributed by atoms with E-state index in [4.69, 9.17) is 14.4 Å². The molecular formula is C37H25N3O. The highest BCUT2D eigenvalue weighted by Gasteiger charge is 2.21. The monoisotopic (exact) mass is 527 g/mol. The van der Waals surface area contributed by atoms with E-state index in [1.807, 2.05) is 42.5 Å². The summed E-state index contributed by atoms with van der Waals surface area (Å²) >= 11 is 0. The van der Waals surface area contributed by atoms with E-state index >= 15 is 0 Å². The van der Waals surface area contributed by atoms with Gasteiger partial charge in [0.05, 0.1) is 0 Å². The van der Waals surface area contributed by atoms with Gasteiger partial charge in [0.15, 0.2) is 5.84 Å². The lowest BCUT2D eigenvalue weighted by Crippen LogP contribution is -2.33.